The Kier molecular flexibility index (Phi) is 3.59. The zero-order chi connectivity index (χ0) is 14.9. The highest BCUT2D eigenvalue weighted by atomic mass is 35.5. The zero-order valence-corrected chi connectivity index (χ0v) is 10.9. The third-order valence-corrected chi connectivity index (χ3v) is 2.93. The molecule has 0 saturated heterocycles. The maximum Gasteiger partial charge on any atom is 0.416 e. The maximum absolute atomic E-state index is 12.6. The second kappa shape index (κ2) is 5.06. The lowest BCUT2D eigenvalue weighted by Gasteiger charge is -2.12. The number of hydrogen-bond acceptors (Lipinski definition) is 3. The SMILES string of the molecule is CNc1c(C#N)cnn1-c1ccc(C(F)(F)F)cc1Cl. The van der Waals surface area contributed by atoms with Crippen LogP contribution < -0.4 is 5.32 Å². The van der Waals surface area contributed by atoms with E-state index in [9.17, 15) is 13.2 Å². The summed E-state index contributed by atoms with van der Waals surface area (Å²) < 4.78 is 39.0. The van der Waals surface area contributed by atoms with Crippen molar-refractivity contribution >= 4 is 17.4 Å². The van der Waals surface area contributed by atoms with Crippen molar-refractivity contribution in [1.82, 2.24) is 9.78 Å². The summed E-state index contributed by atoms with van der Waals surface area (Å²) in [6.07, 6.45) is -3.16. The standard InChI is InChI=1S/C12H8ClF3N4/c1-18-11-7(5-17)6-19-20(11)10-3-2-8(4-9(10)13)12(14,15)16/h2-4,6,18H,1H3. The number of hydrogen-bond donors (Lipinski definition) is 1. The molecule has 0 atom stereocenters. The van der Waals surface area contributed by atoms with Gasteiger partial charge in [-0.1, -0.05) is 11.6 Å². The first-order chi connectivity index (χ1) is 9.38. The fraction of sp³-hybridized carbons (Fsp3) is 0.167. The van der Waals surface area contributed by atoms with Crippen molar-refractivity contribution in [3.63, 3.8) is 0 Å². The average molecular weight is 301 g/mol. The molecular weight excluding hydrogens is 293 g/mol. The molecule has 1 heterocycles. The van der Waals surface area contributed by atoms with E-state index in [1.165, 1.54) is 16.9 Å². The predicted octanol–water partition coefficient (Wildman–Crippen LogP) is 3.46. The minimum absolute atomic E-state index is 0.107. The minimum Gasteiger partial charge on any atom is -0.372 e. The summed E-state index contributed by atoms with van der Waals surface area (Å²) in [7, 11) is 1.58. The van der Waals surface area contributed by atoms with Crippen molar-refractivity contribution < 1.29 is 13.2 Å². The van der Waals surface area contributed by atoms with Gasteiger partial charge < -0.3 is 5.32 Å². The van der Waals surface area contributed by atoms with E-state index < -0.39 is 11.7 Å². The zero-order valence-electron chi connectivity index (χ0n) is 10.2. The second-order valence-electron chi connectivity index (χ2n) is 3.84. The van der Waals surface area contributed by atoms with Crippen LogP contribution in [0.4, 0.5) is 19.0 Å². The fourth-order valence-corrected chi connectivity index (χ4v) is 1.97. The van der Waals surface area contributed by atoms with E-state index in [0.717, 1.165) is 12.1 Å². The number of nitrogens with zero attached hydrogens (tertiary/aromatic N) is 3. The lowest BCUT2D eigenvalue weighted by Crippen LogP contribution is -2.07. The Balaban J connectivity index is 2.55. The maximum atomic E-state index is 12.6. The summed E-state index contributed by atoms with van der Waals surface area (Å²) >= 11 is 5.88. The van der Waals surface area contributed by atoms with Gasteiger partial charge in [-0.25, -0.2) is 4.68 Å². The molecule has 0 radical (unpaired) electrons. The van der Waals surface area contributed by atoms with Gasteiger partial charge in [0.1, 0.15) is 17.5 Å². The van der Waals surface area contributed by atoms with Crippen LogP contribution in [0, 0.1) is 11.3 Å². The topological polar surface area (TPSA) is 53.6 Å². The number of rotatable bonds is 2. The van der Waals surface area contributed by atoms with Crippen molar-refractivity contribution in [3.8, 4) is 11.8 Å². The summed E-state index contributed by atoms with van der Waals surface area (Å²) in [5.41, 5.74) is -0.320. The van der Waals surface area contributed by atoms with Gasteiger partial charge in [-0.2, -0.15) is 23.5 Å². The molecule has 0 aliphatic carbocycles. The molecule has 8 heteroatoms. The van der Waals surface area contributed by atoms with E-state index in [1.54, 1.807) is 7.05 Å². The number of alkyl halides is 3. The largest absolute Gasteiger partial charge is 0.416 e. The molecule has 1 aromatic carbocycles. The highest BCUT2D eigenvalue weighted by molar-refractivity contribution is 6.32. The van der Waals surface area contributed by atoms with Crippen molar-refractivity contribution in [2.24, 2.45) is 0 Å². The molecule has 4 nitrogen and oxygen atoms in total. The molecule has 0 amide bonds. The third kappa shape index (κ3) is 2.42. The number of benzene rings is 1. The number of anilines is 1. The number of nitriles is 1. The predicted molar refractivity (Wildman–Crippen MR) is 67.8 cm³/mol. The lowest BCUT2D eigenvalue weighted by atomic mass is 10.2. The Hall–Kier alpha value is -2.20. The Morgan fingerprint density at radius 1 is 1.40 bits per heavy atom. The highest BCUT2D eigenvalue weighted by Gasteiger charge is 2.31. The van der Waals surface area contributed by atoms with E-state index in [-0.39, 0.29) is 16.3 Å². The average Bonchev–Trinajstić information content (AvgIpc) is 2.80. The molecule has 1 N–H and O–H groups in total. The van der Waals surface area contributed by atoms with Crippen molar-refractivity contribution in [2.75, 3.05) is 12.4 Å². The van der Waals surface area contributed by atoms with Crippen LogP contribution in [0.25, 0.3) is 5.69 Å². The molecular formula is C12H8ClF3N4. The molecule has 0 unspecified atom stereocenters. The van der Waals surface area contributed by atoms with E-state index in [4.69, 9.17) is 16.9 Å². The monoisotopic (exact) mass is 300 g/mol. The van der Waals surface area contributed by atoms with Crippen LogP contribution in [-0.2, 0) is 6.18 Å². The fourth-order valence-electron chi connectivity index (χ4n) is 1.71. The first kappa shape index (κ1) is 14.2. The van der Waals surface area contributed by atoms with Gasteiger partial charge in [0, 0.05) is 7.05 Å². The normalized spacial score (nSPS) is 11.2. The molecule has 2 aromatic rings. The summed E-state index contributed by atoms with van der Waals surface area (Å²) in [5.74, 6) is 0.356. The smallest absolute Gasteiger partial charge is 0.372 e. The van der Waals surface area contributed by atoms with Gasteiger partial charge in [0.25, 0.3) is 0 Å². The molecule has 0 spiro atoms. The van der Waals surface area contributed by atoms with Crippen LogP contribution in [0.2, 0.25) is 5.02 Å². The summed E-state index contributed by atoms with van der Waals surface area (Å²) in [6, 6.07) is 4.87. The minimum atomic E-state index is -4.46. The molecule has 20 heavy (non-hydrogen) atoms. The van der Waals surface area contributed by atoms with Gasteiger partial charge in [0.05, 0.1) is 22.5 Å². The lowest BCUT2D eigenvalue weighted by molar-refractivity contribution is -0.137. The molecule has 2 rings (SSSR count). The van der Waals surface area contributed by atoms with Gasteiger partial charge >= 0.3 is 6.18 Å². The van der Waals surface area contributed by atoms with E-state index >= 15 is 0 Å². The van der Waals surface area contributed by atoms with Gasteiger partial charge in [0.15, 0.2) is 0 Å². The van der Waals surface area contributed by atoms with Gasteiger partial charge in [-0.3, -0.25) is 0 Å². The van der Waals surface area contributed by atoms with Crippen LogP contribution >= 0.6 is 11.6 Å². The van der Waals surface area contributed by atoms with Gasteiger partial charge in [-0.05, 0) is 18.2 Å². The number of halogens is 4. The van der Waals surface area contributed by atoms with E-state index in [0.29, 0.717) is 5.82 Å². The van der Waals surface area contributed by atoms with Crippen LogP contribution in [0.15, 0.2) is 24.4 Å². The third-order valence-electron chi connectivity index (χ3n) is 2.63. The van der Waals surface area contributed by atoms with Gasteiger partial charge in [-0.15, -0.1) is 0 Å². The highest BCUT2D eigenvalue weighted by Crippen LogP contribution is 2.34. The summed E-state index contributed by atoms with van der Waals surface area (Å²) in [5, 5.41) is 15.5. The van der Waals surface area contributed by atoms with E-state index in [1.807, 2.05) is 6.07 Å². The molecule has 104 valence electrons. The molecule has 0 aliphatic rings. The quantitative estimate of drug-likeness (QED) is 0.924. The summed E-state index contributed by atoms with van der Waals surface area (Å²) in [4.78, 5) is 0. The van der Waals surface area contributed by atoms with Crippen LogP contribution in [-0.4, -0.2) is 16.8 Å². The van der Waals surface area contributed by atoms with Gasteiger partial charge in [0.2, 0.25) is 0 Å². The molecule has 0 aliphatic heterocycles. The second-order valence-corrected chi connectivity index (χ2v) is 4.25. The molecule has 0 saturated carbocycles. The Morgan fingerprint density at radius 2 is 2.10 bits per heavy atom. The molecule has 1 aromatic heterocycles. The Bertz CT molecular complexity index is 685. The van der Waals surface area contributed by atoms with Crippen molar-refractivity contribution in [2.45, 2.75) is 6.18 Å². The van der Waals surface area contributed by atoms with Crippen molar-refractivity contribution in [1.29, 1.82) is 5.26 Å². The Labute approximate surface area is 117 Å². The number of aromatic nitrogens is 2. The molecule has 0 fully saturated rings. The molecule has 0 bridgehead atoms. The first-order valence-corrected chi connectivity index (χ1v) is 5.79. The first-order valence-electron chi connectivity index (χ1n) is 5.41. The van der Waals surface area contributed by atoms with Crippen LogP contribution in [0.5, 0.6) is 0 Å². The van der Waals surface area contributed by atoms with Crippen LogP contribution in [0.1, 0.15) is 11.1 Å². The van der Waals surface area contributed by atoms with Crippen LogP contribution in [0.3, 0.4) is 0 Å². The van der Waals surface area contributed by atoms with Crippen molar-refractivity contribution in [3.05, 3.63) is 40.5 Å². The summed E-state index contributed by atoms with van der Waals surface area (Å²) in [6.45, 7) is 0. The number of nitrogens with one attached hydrogen (secondary N) is 1. The van der Waals surface area contributed by atoms with E-state index in [2.05, 4.69) is 10.4 Å². The Morgan fingerprint density at radius 3 is 2.60 bits per heavy atom.